The lowest BCUT2D eigenvalue weighted by Crippen LogP contribution is -2.33. The summed E-state index contributed by atoms with van der Waals surface area (Å²) in [4.78, 5) is -1.13. The van der Waals surface area contributed by atoms with Gasteiger partial charge in [0.25, 0.3) is 0 Å². The van der Waals surface area contributed by atoms with Crippen molar-refractivity contribution in [2.24, 2.45) is 5.92 Å². The molecule has 1 aromatic carbocycles. The molecule has 1 aliphatic heterocycles. The zero-order valence-corrected chi connectivity index (χ0v) is 13.4. The van der Waals surface area contributed by atoms with Crippen molar-refractivity contribution in [3.8, 4) is 0 Å². The SMILES string of the molecule is Cl.O=S(=O)(NCCC1CCCNC1)c1c(F)cc(F)cc1F. The fraction of sp³-hybridized carbons (Fsp3) is 0.538. The topological polar surface area (TPSA) is 58.2 Å². The Morgan fingerprint density at radius 3 is 2.41 bits per heavy atom. The largest absolute Gasteiger partial charge is 0.316 e. The van der Waals surface area contributed by atoms with Crippen molar-refractivity contribution < 1.29 is 21.6 Å². The summed E-state index contributed by atoms with van der Waals surface area (Å²) in [6, 6.07) is 0.700. The highest BCUT2D eigenvalue weighted by atomic mass is 35.5. The molecule has 1 aliphatic rings. The number of piperidine rings is 1. The number of halogens is 4. The van der Waals surface area contributed by atoms with Gasteiger partial charge in [-0.25, -0.2) is 26.3 Å². The highest BCUT2D eigenvalue weighted by Crippen LogP contribution is 2.20. The number of benzene rings is 1. The summed E-state index contributed by atoms with van der Waals surface area (Å²) in [5.41, 5.74) is 0. The molecule has 1 atom stereocenters. The second-order valence-electron chi connectivity index (χ2n) is 5.10. The summed E-state index contributed by atoms with van der Waals surface area (Å²) in [5.74, 6) is -3.68. The molecule has 1 heterocycles. The van der Waals surface area contributed by atoms with E-state index in [4.69, 9.17) is 0 Å². The Kier molecular flexibility index (Phi) is 7.11. The van der Waals surface area contributed by atoms with E-state index in [1.54, 1.807) is 0 Å². The number of hydrogen-bond acceptors (Lipinski definition) is 3. The first-order chi connectivity index (χ1) is 9.90. The molecule has 0 radical (unpaired) electrons. The lowest BCUT2D eigenvalue weighted by molar-refractivity contribution is 0.358. The maximum absolute atomic E-state index is 13.5. The van der Waals surface area contributed by atoms with Crippen LogP contribution in [0, 0.1) is 23.4 Å². The Labute approximate surface area is 133 Å². The first-order valence-corrected chi connectivity index (χ1v) is 8.23. The van der Waals surface area contributed by atoms with E-state index >= 15 is 0 Å². The van der Waals surface area contributed by atoms with Crippen LogP contribution in [0.15, 0.2) is 17.0 Å². The maximum atomic E-state index is 13.5. The summed E-state index contributed by atoms with van der Waals surface area (Å²) in [5, 5.41) is 3.20. The Hall–Kier alpha value is -0.830. The van der Waals surface area contributed by atoms with Gasteiger partial charge < -0.3 is 5.32 Å². The zero-order valence-electron chi connectivity index (χ0n) is 11.7. The second-order valence-corrected chi connectivity index (χ2v) is 6.80. The summed E-state index contributed by atoms with van der Waals surface area (Å²) >= 11 is 0. The highest BCUT2D eigenvalue weighted by molar-refractivity contribution is 7.89. The van der Waals surface area contributed by atoms with Crippen LogP contribution in [0.25, 0.3) is 0 Å². The van der Waals surface area contributed by atoms with Gasteiger partial charge in [0.2, 0.25) is 10.0 Å². The molecule has 9 heteroatoms. The van der Waals surface area contributed by atoms with Crippen LogP contribution in [0.3, 0.4) is 0 Å². The average Bonchev–Trinajstić information content (AvgIpc) is 2.38. The molecule has 1 saturated heterocycles. The molecule has 0 aromatic heterocycles. The lowest BCUT2D eigenvalue weighted by atomic mass is 9.96. The second kappa shape index (κ2) is 8.14. The third-order valence-electron chi connectivity index (χ3n) is 3.48. The molecule has 0 saturated carbocycles. The van der Waals surface area contributed by atoms with Gasteiger partial charge >= 0.3 is 0 Å². The maximum Gasteiger partial charge on any atom is 0.246 e. The van der Waals surface area contributed by atoms with E-state index in [-0.39, 0.29) is 19.0 Å². The van der Waals surface area contributed by atoms with Crippen molar-refractivity contribution in [1.82, 2.24) is 10.0 Å². The Bertz CT molecular complexity index is 584. The van der Waals surface area contributed by atoms with Crippen molar-refractivity contribution >= 4 is 22.4 Å². The van der Waals surface area contributed by atoms with E-state index in [0.29, 0.717) is 24.5 Å². The third-order valence-corrected chi connectivity index (χ3v) is 4.99. The van der Waals surface area contributed by atoms with E-state index < -0.39 is 32.4 Å². The molecule has 2 N–H and O–H groups in total. The van der Waals surface area contributed by atoms with Gasteiger partial charge in [-0.15, -0.1) is 12.4 Å². The quantitative estimate of drug-likeness (QED) is 0.848. The van der Waals surface area contributed by atoms with E-state index in [1.807, 2.05) is 0 Å². The van der Waals surface area contributed by atoms with Gasteiger partial charge in [0.05, 0.1) is 0 Å². The number of hydrogen-bond donors (Lipinski definition) is 2. The molecular weight excluding hydrogens is 341 g/mol. The Balaban J connectivity index is 0.00000242. The molecule has 1 unspecified atom stereocenters. The Morgan fingerprint density at radius 2 is 1.86 bits per heavy atom. The average molecular weight is 359 g/mol. The molecule has 2 rings (SSSR count). The molecule has 1 aromatic rings. The lowest BCUT2D eigenvalue weighted by Gasteiger charge is -2.22. The van der Waals surface area contributed by atoms with Crippen LogP contribution in [0.2, 0.25) is 0 Å². The van der Waals surface area contributed by atoms with E-state index in [9.17, 15) is 21.6 Å². The van der Waals surface area contributed by atoms with Crippen molar-refractivity contribution in [1.29, 1.82) is 0 Å². The van der Waals surface area contributed by atoms with Crippen molar-refractivity contribution in [2.45, 2.75) is 24.2 Å². The molecule has 0 amide bonds. The van der Waals surface area contributed by atoms with E-state index in [0.717, 1.165) is 25.9 Å². The van der Waals surface area contributed by atoms with Crippen molar-refractivity contribution in [3.63, 3.8) is 0 Å². The van der Waals surface area contributed by atoms with Crippen LogP contribution >= 0.6 is 12.4 Å². The van der Waals surface area contributed by atoms with Gasteiger partial charge in [-0.2, -0.15) is 0 Å². The summed E-state index contributed by atoms with van der Waals surface area (Å²) < 4.78 is 65.7. The molecular formula is C13H18ClF3N2O2S. The van der Waals surface area contributed by atoms with Crippen LogP contribution < -0.4 is 10.0 Å². The van der Waals surface area contributed by atoms with Gasteiger partial charge in [0, 0.05) is 18.7 Å². The molecule has 4 nitrogen and oxygen atoms in total. The number of nitrogens with one attached hydrogen (secondary N) is 2. The fourth-order valence-electron chi connectivity index (χ4n) is 2.43. The monoisotopic (exact) mass is 358 g/mol. The predicted octanol–water partition coefficient (Wildman–Crippen LogP) is 2.19. The van der Waals surface area contributed by atoms with Crippen molar-refractivity contribution in [2.75, 3.05) is 19.6 Å². The number of rotatable bonds is 5. The first kappa shape index (κ1) is 19.2. The zero-order chi connectivity index (χ0) is 15.5. The van der Waals surface area contributed by atoms with Gasteiger partial charge in [0.1, 0.15) is 17.5 Å². The normalized spacial score (nSPS) is 18.8. The standard InChI is InChI=1S/C13H17F3N2O2S.ClH/c14-10-6-11(15)13(12(16)7-10)21(19,20)18-5-3-9-2-1-4-17-8-9;/h6-7,9,17-18H,1-5,8H2;1H. The molecule has 1 fully saturated rings. The minimum Gasteiger partial charge on any atom is -0.316 e. The highest BCUT2D eigenvalue weighted by Gasteiger charge is 2.25. The van der Waals surface area contributed by atoms with Gasteiger partial charge in [-0.1, -0.05) is 0 Å². The fourth-order valence-corrected chi connectivity index (χ4v) is 3.59. The third kappa shape index (κ3) is 4.84. The van der Waals surface area contributed by atoms with Gasteiger partial charge in [-0.05, 0) is 38.3 Å². The molecule has 22 heavy (non-hydrogen) atoms. The van der Waals surface area contributed by atoms with Gasteiger partial charge in [-0.3, -0.25) is 0 Å². The van der Waals surface area contributed by atoms with Crippen LogP contribution in [-0.4, -0.2) is 28.1 Å². The summed E-state index contributed by atoms with van der Waals surface area (Å²) in [6.45, 7) is 1.85. The molecule has 0 aliphatic carbocycles. The first-order valence-electron chi connectivity index (χ1n) is 6.75. The van der Waals surface area contributed by atoms with Gasteiger partial charge in [0.15, 0.2) is 4.90 Å². The molecule has 0 spiro atoms. The van der Waals surface area contributed by atoms with Crippen LogP contribution in [0.5, 0.6) is 0 Å². The Morgan fingerprint density at radius 1 is 1.23 bits per heavy atom. The molecule has 0 bridgehead atoms. The minimum absolute atomic E-state index is 0. The molecule has 126 valence electrons. The van der Waals surface area contributed by atoms with Crippen LogP contribution in [-0.2, 0) is 10.0 Å². The van der Waals surface area contributed by atoms with E-state index in [1.165, 1.54) is 0 Å². The van der Waals surface area contributed by atoms with Crippen LogP contribution in [0.4, 0.5) is 13.2 Å². The van der Waals surface area contributed by atoms with Crippen molar-refractivity contribution in [3.05, 3.63) is 29.6 Å². The summed E-state index contributed by atoms with van der Waals surface area (Å²) in [6.07, 6.45) is 2.60. The predicted molar refractivity (Wildman–Crippen MR) is 79.0 cm³/mol. The summed E-state index contributed by atoms with van der Waals surface area (Å²) in [7, 11) is -4.33. The smallest absolute Gasteiger partial charge is 0.246 e. The number of sulfonamides is 1. The minimum atomic E-state index is -4.33. The van der Waals surface area contributed by atoms with E-state index in [2.05, 4.69) is 10.0 Å². The van der Waals surface area contributed by atoms with Crippen LogP contribution in [0.1, 0.15) is 19.3 Å².